The van der Waals surface area contributed by atoms with Gasteiger partial charge in [0, 0.05) is 34.7 Å². The maximum atomic E-state index is 3.51. The van der Waals surface area contributed by atoms with E-state index in [1.165, 1.54) is 22.0 Å². The fourth-order valence-corrected chi connectivity index (χ4v) is 2.51. The number of nitrogens with one attached hydrogen (secondary N) is 2. The van der Waals surface area contributed by atoms with E-state index in [2.05, 4.69) is 44.6 Å². The molecule has 2 aromatic rings. The highest BCUT2D eigenvalue weighted by Crippen LogP contribution is 2.29. The lowest BCUT2D eigenvalue weighted by atomic mass is 10.0. The summed E-state index contributed by atoms with van der Waals surface area (Å²) in [6, 6.07) is 4.32. The Morgan fingerprint density at radius 3 is 2.92 bits per heavy atom. The molecule has 13 heavy (non-hydrogen) atoms. The van der Waals surface area contributed by atoms with E-state index in [0.29, 0.717) is 0 Å². The molecule has 0 fully saturated rings. The first-order valence-corrected chi connectivity index (χ1v) is 5.13. The second-order valence-electron chi connectivity index (χ2n) is 3.40. The molecule has 0 aliphatic carbocycles. The Labute approximate surface area is 84.5 Å². The molecular formula is C10H9BrN2. The maximum Gasteiger partial charge on any atom is 0.0471 e. The summed E-state index contributed by atoms with van der Waals surface area (Å²) in [5.41, 5.74) is 4.00. The first kappa shape index (κ1) is 7.59. The summed E-state index contributed by atoms with van der Waals surface area (Å²) in [6.07, 6.45) is 2.09. The van der Waals surface area contributed by atoms with Crippen molar-refractivity contribution in [3.63, 3.8) is 0 Å². The number of aromatic amines is 1. The van der Waals surface area contributed by atoms with Gasteiger partial charge in [-0.1, -0.05) is 15.9 Å². The van der Waals surface area contributed by atoms with Crippen LogP contribution in [0.25, 0.3) is 10.9 Å². The monoisotopic (exact) mass is 236 g/mol. The summed E-state index contributed by atoms with van der Waals surface area (Å²) in [4.78, 5) is 3.29. The molecule has 0 spiro atoms. The van der Waals surface area contributed by atoms with Crippen LogP contribution >= 0.6 is 15.9 Å². The molecule has 0 amide bonds. The number of aromatic nitrogens is 1. The van der Waals surface area contributed by atoms with Crippen molar-refractivity contribution >= 4 is 26.8 Å². The van der Waals surface area contributed by atoms with Crippen molar-refractivity contribution in [2.45, 2.75) is 13.1 Å². The zero-order valence-corrected chi connectivity index (χ0v) is 8.61. The van der Waals surface area contributed by atoms with Crippen LogP contribution in [-0.2, 0) is 13.1 Å². The fraction of sp³-hybridized carbons (Fsp3) is 0.200. The van der Waals surface area contributed by atoms with Crippen molar-refractivity contribution in [2.24, 2.45) is 0 Å². The van der Waals surface area contributed by atoms with Gasteiger partial charge in [-0.3, -0.25) is 0 Å². The molecule has 0 unspecified atom stereocenters. The molecule has 0 saturated heterocycles. The van der Waals surface area contributed by atoms with Gasteiger partial charge in [-0.25, -0.2) is 0 Å². The summed E-state index contributed by atoms with van der Waals surface area (Å²) in [6.45, 7) is 1.95. The Kier molecular flexibility index (Phi) is 1.51. The van der Waals surface area contributed by atoms with Crippen LogP contribution in [0.4, 0.5) is 0 Å². The third-order valence-corrected chi connectivity index (χ3v) is 3.00. The molecule has 3 rings (SSSR count). The van der Waals surface area contributed by atoms with Gasteiger partial charge in [0.1, 0.15) is 0 Å². The largest absolute Gasteiger partial charge is 0.361 e. The first-order chi connectivity index (χ1) is 6.34. The molecular weight excluding hydrogens is 228 g/mol. The van der Waals surface area contributed by atoms with E-state index in [9.17, 15) is 0 Å². The molecule has 1 aliphatic rings. The molecule has 2 heterocycles. The van der Waals surface area contributed by atoms with Crippen molar-refractivity contribution in [3.8, 4) is 0 Å². The van der Waals surface area contributed by atoms with Crippen LogP contribution < -0.4 is 5.32 Å². The fourth-order valence-electron chi connectivity index (χ4n) is 2.00. The SMILES string of the molecule is Brc1cc2c3c(c[nH]c3c1)CNC2. The minimum absolute atomic E-state index is 0.973. The molecule has 3 heteroatoms. The summed E-state index contributed by atoms with van der Waals surface area (Å²) in [7, 11) is 0. The zero-order chi connectivity index (χ0) is 8.84. The third kappa shape index (κ3) is 1.04. The highest BCUT2D eigenvalue weighted by atomic mass is 79.9. The molecule has 0 saturated carbocycles. The Morgan fingerprint density at radius 1 is 1.15 bits per heavy atom. The highest BCUT2D eigenvalue weighted by Gasteiger charge is 2.13. The van der Waals surface area contributed by atoms with Crippen LogP contribution in [0.1, 0.15) is 11.1 Å². The second kappa shape index (κ2) is 2.59. The van der Waals surface area contributed by atoms with E-state index in [1.807, 2.05) is 0 Å². The van der Waals surface area contributed by atoms with Crippen molar-refractivity contribution in [1.29, 1.82) is 0 Å². The Hall–Kier alpha value is -0.800. The van der Waals surface area contributed by atoms with Crippen LogP contribution in [0.3, 0.4) is 0 Å². The van der Waals surface area contributed by atoms with Gasteiger partial charge >= 0.3 is 0 Å². The average Bonchev–Trinajstić information content (AvgIpc) is 2.50. The normalized spacial score (nSPS) is 15.2. The summed E-state index contributed by atoms with van der Waals surface area (Å²) in [5, 5.41) is 4.78. The molecule has 1 aliphatic heterocycles. The van der Waals surface area contributed by atoms with E-state index in [1.54, 1.807) is 0 Å². The van der Waals surface area contributed by atoms with Crippen LogP contribution in [0.5, 0.6) is 0 Å². The number of hydrogen-bond acceptors (Lipinski definition) is 1. The summed E-state index contributed by atoms with van der Waals surface area (Å²) in [5.74, 6) is 0. The predicted octanol–water partition coefficient (Wildman–Crippen LogP) is 2.53. The van der Waals surface area contributed by atoms with Gasteiger partial charge in [0.2, 0.25) is 0 Å². The lowest BCUT2D eigenvalue weighted by Crippen LogP contribution is -2.17. The van der Waals surface area contributed by atoms with Crippen LogP contribution in [0, 0.1) is 0 Å². The number of halogens is 1. The number of rotatable bonds is 0. The maximum absolute atomic E-state index is 3.51. The molecule has 0 bridgehead atoms. The van der Waals surface area contributed by atoms with Gasteiger partial charge in [-0.2, -0.15) is 0 Å². The van der Waals surface area contributed by atoms with Crippen molar-refractivity contribution in [1.82, 2.24) is 10.3 Å². The van der Waals surface area contributed by atoms with Gasteiger partial charge in [0.05, 0.1) is 0 Å². The Morgan fingerprint density at radius 2 is 2.00 bits per heavy atom. The molecule has 2 N–H and O–H groups in total. The summed E-state index contributed by atoms with van der Waals surface area (Å²) >= 11 is 3.51. The van der Waals surface area contributed by atoms with E-state index < -0.39 is 0 Å². The van der Waals surface area contributed by atoms with E-state index in [4.69, 9.17) is 0 Å². The molecule has 0 atom stereocenters. The molecule has 1 aromatic carbocycles. The quantitative estimate of drug-likeness (QED) is 0.723. The van der Waals surface area contributed by atoms with E-state index >= 15 is 0 Å². The van der Waals surface area contributed by atoms with Gasteiger partial charge in [0.15, 0.2) is 0 Å². The average molecular weight is 237 g/mol. The highest BCUT2D eigenvalue weighted by molar-refractivity contribution is 9.10. The minimum Gasteiger partial charge on any atom is -0.361 e. The van der Waals surface area contributed by atoms with Crippen LogP contribution in [0.2, 0.25) is 0 Å². The predicted molar refractivity (Wildman–Crippen MR) is 56.5 cm³/mol. The molecule has 1 aromatic heterocycles. The van der Waals surface area contributed by atoms with Gasteiger partial charge in [-0.15, -0.1) is 0 Å². The Balaban J connectivity index is 2.47. The zero-order valence-electron chi connectivity index (χ0n) is 7.02. The van der Waals surface area contributed by atoms with Gasteiger partial charge < -0.3 is 10.3 Å². The smallest absolute Gasteiger partial charge is 0.0471 e. The number of hydrogen-bond donors (Lipinski definition) is 2. The second-order valence-corrected chi connectivity index (χ2v) is 4.32. The van der Waals surface area contributed by atoms with Crippen LogP contribution in [0.15, 0.2) is 22.8 Å². The first-order valence-electron chi connectivity index (χ1n) is 4.34. The van der Waals surface area contributed by atoms with Gasteiger partial charge in [0.25, 0.3) is 0 Å². The van der Waals surface area contributed by atoms with Gasteiger partial charge in [-0.05, 0) is 23.3 Å². The Bertz CT molecular complexity index is 473. The standard InChI is InChI=1S/C10H9BrN2/c11-8-1-6-3-12-4-7-5-13-9(2-8)10(6)7/h1-2,5,12-13H,3-4H2. The van der Waals surface area contributed by atoms with Crippen molar-refractivity contribution in [3.05, 3.63) is 33.9 Å². The van der Waals surface area contributed by atoms with E-state index in [-0.39, 0.29) is 0 Å². The number of H-pyrrole nitrogens is 1. The lowest BCUT2D eigenvalue weighted by Gasteiger charge is -2.13. The van der Waals surface area contributed by atoms with E-state index in [0.717, 1.165) is 17.6 Å². The number of benzene rings is 1. The molecule has 66 valence electrons. The lowest BCUT2D eigenvalue weighted by molar-refractivity contribution is 0.684. The van der Waals surface area contributed by atoms with Crippen LogP contribution in [-0.4, -0.2) is 4.98 Å². The molecule has 0 radical (unpaired) electrons. The molecule has 2 nitrogen and oxygen atoms in total. The topological polar surface area (TPSA) is 27.8 Å². The van der Waals surface area contributed by atoms with Crippen molar-refractivity contribution in [2.75, 3.05) is 0 Å². The third-order valence-electron chi connectivity index (χ3n) is 2.54. The summed E-state index contributed by atoms with van der Waals surface area (Å²) < 4.78 is 1.15. The minimum atomic E-state index is 0.973. The van der Waals surface area contributed by atoms with Crippen molar-refractivity contribution < 1.29 is 0 Å².